The van der Waals surface area contributed by atoms with E-state index in [1.807, 2.05) is 4.90 Å². The molecule has 2 fully saturated rings. The molecule has 0 saturated carbocycles. The molecule has 0 unspecified atom stereocenters. The van der Waals surface area contributed by atoms with Crippen LogP contribution < -0.4 is 5.32 Å². The third kappa shape index (κ3) is 1.91. The van der Waals surface area contributed by atoms with Crippen molar-refractivity contribution < 1.29 is 9.53 Å². The second-order valence-electron chi connectivity index (χ2n) is 4.02. The summed E-state index contributed by atoms with van der Waals surface area (Å²) in [5.41, 5.74) is 0. The Balaban J connectivity index is 2.08. The molecule has 0 aromatic heterocycles. The SMILES string of the molecule is CC(=O)N1CCO[C@H]2CCNCC[C@H]21. The molecule has 2 rings (SSSR count). The summed E-state index contributed by atoms with van der Waals surface area (Å²) in [5.74, 6) is 0.185. The summed E-state index contributed by atoms with van der Waals surface area (Å²) in [7, 11) is 0. The van der Waals surface area contributed by atoms with E-state index in [1.54, 1.807) is 6.92 Å². The van der Waals surface area contributed by atoms with Crippen LogP contribution in [0.5, 0.6) is 0 Å². The summed E-state index contributed by atoms with van der Waals surface area (Å²) in [6.45, 7) is 5.11. The number of nitrogens with one attached hydrogen (secondary N) is 1. The second-order valence-corrected chi connectivity index (χ2v) is 4.02. The Morgan fingerprint density at radius 2 is 2.21 bits per heavy atom. The highest BCUT2D eigenvalue weighted by Gasteiger charge is 2.34. The van der Waals surface area contributed by atoms with E-state index in [2.05, 4.69) is 5.32 Å². The first kappa shape index (κ1) is 9.93. The zero-order valence-corrected chi connectivity index (χ0v) is 8.66. The molecule has 2 aliphatic heterocycles. The minimum atomic E-state index is 0.185. The van der Waals surface area contributed by atoms with Gasteiger partial charge in [-0.25, -0.2) is 0 Å². The quantitative estimate of drug-likeness (QED) is 0.595. The van der Waals surface area contributed by atoms with Gasteiger partial charge in [0.2, 0.25) is 5.91 Å². The lowest BCUT2D eigenvalue weighted by molar-refractivity contribution is -0.144. The number of carbonyl (C=O) groups excluding carboxylic acids is 1. The molecular formula is C10H18N2O2. The Bertz CT molecular complexity index is 220. The van der Waals surface area contributed by atoms with Gasteiger partial charge in [0, 0.05) is 13.5 Å². The van der Waals surface area contributed by atoms with Crippen molar-refractivity contribution in [3.63, 3.8) is 0 Å². The van der Waals surface area contributed by atoms with Crippen LogP contribution in [-0.4, -0.2) is 49.2 Å². The minimum absolute atomic E-state index is 0.185. The van der Waals surface area contributed by atoms with Crippen LogP contribution in [0.1, 0.15) is 19.8 Å². The molecule has 0 radical (unpaired) electrons. The predicted molar refractivity (Wildman–Crippen MR) is 53.0 cm³/mol. The van der Waals surface area contributed by atoms with E-state index >= 15 is 0 Å². The highest BCUT2D eigenvalue weighted by molar-refractivity contribution is 5.73. The van der Waals surface area contributed by atoms with Crippen LogP contribution >= 0.6 is 0 Å². The van der Waals surface area contributed by atoms with Crippen LogP contribution in [0.2, 0.25) is 0 Å². The first-order valence-electron chi connectivity index (χ1n) is 5.38. The number of morpholine rings is 1. The van der Waals surface area contributed by atoms with E-state index in [9.17, 15) is 4.79 Å². The lowest BCUT2D eigenvalue weighted by atomic mass is 10.0. The predicted octanol–water partition coefficient (Wildman–Crippen LogP) is -0.0143. The molecule has 1 N–H and O–H groups in total. The van der Waals surface area contributed by atoms with Gasteiger partial charge in [0.25, 0.3) is 0 Å². The van der Waals surface area contributed by atoms with Gasteiger partial charge in [0.15, 0.2) is 0 Å². The second kappa shape index (κ2) is 4.28. The maximum atomic E-state index is 11.4. The molecule has 4 nitrogen and oxygen atoms in total. The lowest BCUT2D eigenvalue weighted by Crippen LogP contribution is -2.52. The third-order valence-corrected chi connectivity index (χ3v) is 3.12. The number of rotatable bonds is 0. The Labute approximate surface area is 84.6 Å². The molecule has 80 valence electrons. The number of fused-ring (bicyclic) bond motifs is 1. The molecule has 0 bridgehead atoms. The fourth-order valence-electron chi connectivity index (χ4n) is 2.41. The van der Waals surface area contributed by atoms with E-state index in [-0.39, 0.29) is 12.0 Å². The molecule has 4 heteroatoms. The highest BCUT2D eigenvalue weighted by Crippen LogP contribution is 2.21. The van der Waals surface area contributed by atoms with Gasteiger partial charge in [-0.2, -0.15) is 0 Å². The van der Waals surface area contributed by atoms with Crippen molar-refractivity contribution in [3.8, 4) is 0 Å². The maximum Gasteiger partial charge on any atom is 0.219 e. The standard InChI is InChI=1S/C10H18N2O2/c1-8(13)12-6-7-14-10-3-5-11-4-2-9(10)12/h9-11H,2-7H2,1H3/t9-,10+/m1/s1. The van der Waals surface area contributed by atoms with Crippen LogP contribution in [0.4, 0.5) is 0 Å². The smallest absolute Gasteiger partial charge is 0.219 e. The van der Waals surface area contributed by atoms with Crippen LogP contribution in [0.15, 0.2) is 0 Å². The van der Waals surface area contributed by atoms with E-state index in [0.717, 1.165) is 32.5 Å². The molecule has 0 aliphatic carbocycles. The Morgan fingerprint density at radius 3 is 3.00 bits per heavy atom. The largest absolute Gasteiger partial charge is 0.374 e. The van der Waals surface area contributed by atoms with Gasteiger partial charge in [-0.15, -0.1) is 0 Å². The Kier molecular flexibility index (Phi) is 3.03. The van der Waals surface area contributed by atoms with Crippen molar-refractivity contribution >= 4 is 5.91 Å². The Hall–Kier alpha value is -0.610. The zero-order chi connectivity index (χ0) is 9.97. The molecular weight excluding hydrogens is 180 g/mol. The van der Waals surface area contributed by atoms with Crippen molar-refractivity contribution in [1.29, 1.82) is 0 Å². The van der Waals surface area contributed by atoms with Crippen molar-refractivity contribution in [1.82, 2.24) is 10.2 Å². The summed E-state index contributed by atoms with van der Waals surface area (Å²) < 4.78 is 5.71. The molecule has 14 heavy (non-hydrogen) atoms. The lowest BCUT2D eigenvalue weighted by Gasteiger charge is -2.39. The summed E-state index contributed by atoms with van der Waals surface area (Å²) in [5, 5.41) is 3.35. The van der Waals surface area contributed by atoms with Gasteiger partial charge in [-0.1, -0.05) is 0 Å². The average molecular weight is 198 g/mol. The minimum Gasteiger partial charge on any atom is -0.374 e. The summed E-state index contributed by atoms with van der Waals surface area (Å²) in [6, 6.07) is 0.302. The maximum absolute atomic E-state index is 11.4. The van der Waals surface area contributed by atoms with Crippen LogP contribution in [-0.2, 0) is 9.53 Å². The third-order valence-electron chi connectivity index (χ3n) is 3.12. The van der Waals surface area contributed by atoms with Crippen LogP contribution in [0.25, 0.3) is 0 Å². The Morgan fingerprint density at radius 1 is 1.43 bits per heavy atom. The summed E-state index contributed by atoms with van der Waals surface area (Å²) >= 11 is 0. The number of hydrogen-bond acceptors (Lipinski definition) is 3. The van der Waals surface area contributed by atoms with E-state index < -0.39 is 0 Å². The molecule has 2 aliphatic rings. The van der Waals surface area contributed by atoms with E-state index in [0.29, 0.717) is 12.6 Å². The topological polar surface area (TPSA) is 41.6 Å². The van der Waals surface area contributed by atoms with Gasteiger partial charge in [0.05, 0.1) is 18.8 Å². The fourth-order valence-corrected chi connectivity index (χ4v) is 2.41. The van der Waals surface area contributed by atoms with Gasteiger partial charge in [0.1, 0.15) is 0 Å². The van der Waals surface area contributed by atoms with Gasteiger partial charge >= 0.3 is 0 Å². The van der Waals surface area contributed by atoms with Crippen molar-refractivity contribution in [2.45, 2.75) is 31.9 Å². The number of ether oxygens (including phenoxy) is 1. The van der Waals surface area contributed by atoms with Crippen LogP contribution in [0.3, 0.4) is 0 Å². The van der Waals surface area contributed by atoms with E-state index in [4.69, 9.17) is 4.74 Å². The zero-order valence-electron chi connectivity index (χ0n) is 8.66. The van der Waals surface area contributed by atoms with Gasteiger partial charge < -0.3 is 15.0 Å². The van der Waals surface area contributed by atoms with Crippen molar-refractivity contribution in [2.24, 2.45) is 0 Å². The van der Waals surface area contributed by atoms with E-state index in [1.165, 1.54) is 0 Å². The number of carbonyl (C=O) groups is 1. The first-order valence-corrected chi connectivity index (χ1v) is 5.38. The van der Waals surface area contributed by atoms with Gasteiger partial charge in [-0.05, 0) is 25.9 Å². The molecule has 0 aromatic rings. The normalized spacial score (nSPS) is 33.4. The molecule has 2 heterocycles. The molecule has 0 spiro atoms. The summed E-state index contributed by atoms with van der Waals surface area (Å²) in [4.78, 5) is 13.4. The van der Waals surface area contributed by atoms with Crippen molar-refractivity contribution in [3.05, 3.63) is 0 Å². The first-order chi connectivity index (χ1) is 6.79. The molecule has 2 atom stereocenters. The molecule has 1 amide bonds. The van der Waals surface area contributed by atoms with Gasteiger partial charge in [-0.3, -0.25) is 4.79 Å². The van der Waals surface area contributed by atoms with Crippen LogP contribution in [0, 0.1) is 0 Å². The number of amides is 1. The van der Waals surface area contributed by atoms with Crippen molar-refractivity contribution in [2.75, 3.05) is 26.2 Å². The number of hydrogen-bond donors (Lipinski definition) is 1. The molecule has 0 aromatic carbocycles. The average Bonchev–Trinajstić information content (AvgIpc) is 2.41. The summed E-state index contributed by atoms with van der Waals surface area (Å²) in [6.07, 6.45) is 2.29. The fraction of sp³-hybridized carbons (Fsp3) is 0.900. The monoisotopic (exact) mass is 198 g/mol. The highest BCUT2D eigenvalue weighted by atomic mass is 16.5. The molecule has 2 saturated heterocycles. The number of nitrogens with zero attached hydrogens (tertiary/aromatic N) is 1.